The zero-order valence-corrected chi connectivity index (χ0v) is 18.4. The molecule has 3 aromatic rings. The average molecular weight is 447 g/mol. The van der Waals surface area contributed by atoms with E-state index in [0.29, 0.717) is 50.7 Å². The molecule has 0 bridgehead atoms. The van der Waals surface area contributed by atoms with Crippen molar-refractivity contribution >= 4 is 22.6 Å². The topological polar surface area (TPSA) is 72.2 Å². The van der Waals surface area contributed by atoms with E-state index in [1.54, 1.807) is 6.07 Å². The molecule has 3 aliphatic rings. The van der Waals surface area contributed by atoms with Crippen molar-refractivity contribution in [1.29, 1.82) is 0 Å². The highest BCUT2D eigenvalue weighted by Gasteiger charge is 2.34. The van der Waals surface area contributed by atoms with E-state index in [9.17, 15) is 9.59 Å². The van der Waals surface area contributed by atoms with Crippen molar-refractivity contribution < 1.29 is 18.7 Å². The molecule has 0 saturated carbocycles. The fourth-order valence-electron chi connectivity index (χ4n) is 5.20. The lowest BCUT2D eigenvalue weighted by molar-refractivity contribution is -0.142. The molecule has 1 fully saturated rings. The van der Waals surface area contributed by atoms with Gasteiger partial charge in [-0.25, -0.2) is 4.79 Å². The van der Waals surface area contributed by atoms with Crippen LogP contribution in [0.1, 0.15) is 23.1 Å². The first-order valence-corrected chi connectivity index (χ1v) is 11.6. The number of amides is 1. The Morgan fingerprint density at radius 1 is 1.03 bits per heavy atom. The molecular formula is C26H26N2O5. The Balaban J connectivity index is 1.36. The molecule has 1 amide bonds. The molecular weight excluding hydrogens is 420 g/mol. The van der Waals surface area contributed by atoms with Crippen molar-refractivity contribution in [3.05, 3.63) is 69.6 Å². The van der Waals surface area contributed by atoms with E-state index in [2.05, 4.69) is 11.0 Å². The van der Waals surface area contributed by atoms with Crippen molar-refractivity contribution in [2.24, 2.45) is 0 Å². The van der Waals surface area contributed by atoms with Crippen molar-refractivity contribution in [2.45, 2.75) is 31.9 Å². The largest absolute Gasteiger partial charge is 0.477 e. The number of carbonyl (C=O) groups excluding carboxylic acids is 1. The fraction of sp³-hybridized carbons (Fsp3) is 0.385. The van der Waals surface area contributed by atoms with Gasteiger partial charge < -0.3 is 23.7 Å². The van der Waals surface area contributed by atoms with Crippen molar-refractivity contribution in [2.75, 3.05) is 37.7 Å². The minimum Gasteiger partial charge on any atom is -0.477 e. The van der Waals surface area contributed by atoms with Crippen LogP contribution < -0.4 is 15.3 Å². The summed E-state index contributed by atoms with van der Waals surface area (Å²) in [6.07, 6.45) is 2.61. The first-order valence-electron chi connectivity index (χ1n) is 11.6. The normalized spacial score (nSPS) is 19.8. The second kappa shape index (κ2) is 8.23. The summed E-state index contributed by atoms with van der Waals surface area (Å²) in [6, 6.07) is 13.6. The molecule has 6 rings (SSSR count). The van der Waals surface area contributed by atoms with Crippen molar-refractivity contribution in [1.82, 2.24) is 4.90 Å². The van der Waals surface area contributed by atoms with Gasteiger partial charge in [0.15, 0.2) is 6.10 Å². The highest BCUT2D eigenvalue weighted by Crippen LogP contribution is 2.36. The molecule has 0 spiro atoms. The molecule has 1 atom stereocenters. The number of nitrogens with zero attached hydrogens (tertiary/aromatic N) is 2. The second-order valence-electron chi connectivity index (χ2n) is 8.95. The van der Waals surface area contributed by atoms with Crippen LogP contribution in [0.3, 0.4) is 0 Å². The molecule has 2 aliphatic heterocycles. The molecule has 7 nitrogen and oxygen atoms in total. The van der Waals surface area contributed by atoms with Crippen LogP contribution in [0.2, 0.25) is 0 Å². The Hall–Kier alpha value is -3.32. The molecule has 0 N–H and O–H groups in total. The van der Waals surface area contributed by atoms with Gasteiger partial charge in [-0.3, -0.25) is 4.79 Å². The highest BCUT2D eigenvalue weighted by atomic mass is 16.5. The van der Waals surface area contributed by atoms with E-state index in [4.69, 9.17) is 13.9 Å². The van der Waals surface area contributed by atoms with Crippen LogP contribution in [0.15, 0.2) is 51.7 Å². The number of hydrogen-bond donors (Lipinski definition) is 0. The van der Waals surface area contributed by atoms with Crippen LogP contribution in [0.4, 0.5) is 5.69 Å². The maximum Gasteiger partial charge on any atom is 0.336 e. The zero-order chi connectivity index (χ0) is 22.4. The first kappa shape index (κ1) is 20.3. The summed E-state index contributed by atoms with van der Waals surface area (Å²) < 4.78 is 17.1. The Kier molecular flexibility index (Phi) is 5.06. The molecule has 1 aromatic heterocycles. The van der Waals surface area contributed by atoms with Gasteiger partial charge >= 0.3 is 5.63 Å². The lowest BCUT2D eigenvalue weighted by Gasteiger charge is -2.38. The SMILES string of the molecule is O=C([C@@H]1CN(Cc2cc(=O)oc3cc4c(cc23)CCC4)c2ccccc2O1)N1CCOCC1. The smallest absolute Gasteiger partial charge is 0.336 e. The molecule has 1 saturated heterocycles. The van der Waals surface area contributed by atoms with Crippen LogP contribution in [-0.4, -0.2) is 49.8 Å². The molecule has 170 valence electrons. The van der Waals surface area contributed by atoms with Crippen molar-refractivity contribution in [3.63, 3.8) is 0 Å². The molecule has 2 aromatic carbocycles. The summed E-state index contributed by atoms with van der Waals surface area (Å²) in [4.78, 5) is 29.6. The zero-order valence-electron chi connectivity index (χ0n) is 18.4. The summed E-state index contributed by atoms with van der Waals surface area (Å²) in [7, 11) is 0. The summed E-state index contributed by atoms with van der Waals surface area (Å²) in [5.74, 6) is 0.663. The summed E-state index contributed by atoms with van der Waals surface area (Å²) in [6.45, 7) is 3.17. The average Bonchev–Trinajstić information content (AvgIpc) is 3.30. The summed E-state index contributed by atoms with van der Waals surface area (Å²) >= 11 is 0. The van der Waals surface area contributed by atoms with Gasteiger partial charge in [-0.05, 0) is 60.2 Å². The molecule has 0 unspecified atom stereocenters. The number of fused-ring (bicyclic) bond motifs is 3. The van der Waals surface area contributed by atoms with Gasteiger partial charge in [-0.2, -0.15) is 0 Å². The lowest BCUT2D eigenvalue weighted by atomic mass is 10.0. The van der Waals surface area contributed by atoms with Gasteiger partial charge in [0.2, 0.25) is 0 Å². The quantitative estimate of drug-likeness (QED) is 0.576. The van der Waals surface area contributed by atoms with Crippen LogP contribution in [0, 0.1) is 0 Å². The molecule has 33 heavy (non-hydrogen) atoms. The summed E-state index contributed by atoms with van der Waals surface area (Å²) in [5, 5.41) is 0.968. The summed E-state index contributed by atoms with van der Waals surface area (Å²) in [5.41, 5.74) is 4.73. The number of morpholine rings is 1. The van der Waals surface area contributed by atoms with Gasteiger partial charge in [0.1, 0.15) is 11.3 Å². The van der Waals surface area contributed by atoms with E-state index in [1.807, 2.05) is 35.2 Å². The van der Waals surface area contributed by atoms with Gasteiger partial charge in [0, 0.05) is 31.1 Å². The van der Waals surface area contributed by atoms with Gasteiger partial charge in [-0.1, -0.05) is 12.1 Å². The van der Waals surface area contributed by atoms with Crippen molar-refractivity contribution in [3.8, 4) is 5.75 Å². The molecule has 0 radical (unpaired) electrons. The molecule has 3 heterocycles. The number of hydrogen-bond acceptors (Lipinski definition) is 6. The third-order valence-electron chi connectivity index (χ3n) is 6.86. The number of aryl methyl sites for hydroxylation is 2. The Labute approximate surface area is 191 Å². The third kappa shape index (κ3) is 3.76. The monoisotopic (exact) mass is 446 g/mol. The van der Waals surface area contributed by atoms with Gasteiger partial charge in [0.05, 0.1) is 25.4 Å². The van der Waals surface area contributed by atoms with Crippen LogP contribution in [0.25, 0.3) is 11.0 Å². The Morgan fingerprint density at radius 3 is 2.67 bits per heavy atom. The maximum absolute atomic E-state index is 13.2. The third-order valence-corrected chi connectivity index (χ3v) is 6.86. The predicted octanol–water partition coefficient (Wildman–Crippen LogP) is 2.91. The van der Waals surface area contributed by atoms with Crippen LogP contribution >= 0.6 is 0 Å². The first-order chi connectivity index (χ1) is 16.2. The van der Waals surface area contributed by atoms with Crippen LogP contribution in [0.5, 0.6) is 5.75 Å². The van der Waals surface area contributed by atoms with E-state index in [-0.39, 0.29) is 11.5 Å². The predicted molar refractivity (Wildman–Crippen MR) is 124 cm³/mol. The number of ether oxygens (including phenoxy) is 2. The second-order valence-corrected chi connectivity index (χ2v) is 8.95. The number of anilines is 1. The van der Waals surface area contributed by atoms with E-state index < -0.39 is 6.10 Å². The molecule has 7 heteroatoms. The lowest BCUT2D eigenvalue weighted by Crippen LogP contribution is -2.52. The maximum atomic E-state index is 13.2. The van der Waals surface area contributed by atoms with E-state index in [0.717, 1.165) is 35.9 Å². The van der Waals surface area contributed by atoms with E-state index in [1.165, 1.54) is 11.1 Å². The van der Waals surface area contributed by atoms with Gasteiger partial charge in [-0.15, -0.1) is 0 Å². The number of benzene rings is 2. The minimum absolute atomic E-state index is 0.0203. The van der Waals surface area contributed by atoms with Crippen LogP contribution in [-0.2, 0) is 28.9 Å². The highest BCUT2D eigenvalue weighted by molar-refractivity contribution is 5.85. The standard InChI is InChI=1S/C26H26N2O5/c29-25-14-19(20-12-17-4-3-5-18(17)13-23(20)33-25)15-28-16-24(26(30)27-8-10-31-11-9-27)32-22-7-2-1-6-21(22)28/h1-2,6-7,12-14,24H,3-5,8-11,15-16H2/t24-/m0/s1. The van der Waals surface area contributed by atoms with Gasteiger partial charge in [0.25, 0.3) is 5.91 Å². The fourth-order valence-corrected chi connectivity index (χ4v) is 5.20. The molecule has 1 aliphatic carbocycles. The number of carbonyl (C=O) groups is 1. The minimum atomic E-state index is -0.603. The number of rotatable bonds is 3. The Bertz CT molecular complexity index is 1280. The Morgan fingerprint density at radius 2 is 1.82 bits per heavy atom. The van der Waals surface area contributed by atoms with E-state index >= 15 is 0 Å². The number of para-hydroxylation sites is 2.